The number of hydrogen-bond acceptors (Lipinski definition) is 4. The van der Waals surface area contributed by atoms with Gasteiger partial charge in [0, 0.05) is 15.7 Å². The molecule has 0 heterocycles. The van der Waals surface area contributed by atoms with Crippen molar-refractivity contribution in [2.75, 3.05) is 17.7 Å². The number of esters is 1. The summed E-state index contributed by atoms with van der Waals surface area (Å²) in [5.74, 6) is -2.74. The van der Waals surface area contributed by atoms with Crippen LogP contribution in [-0.4, -0.2) is 24.2 Å². The summed E-state index contributed by atoms with van der Waals surface area (Å²) in [6.07, 6.45) is 0.0919. The summed E-state index contributed by atoms with van der Waals surface area (Å²) in [5, 5.41) is 2.66. The highest BCUT2D eigenvalue weighted by molar-refractivity contribution is 7.99. The van der Waals surface area contributed by atoms with E-state index in [1.807, 2.05) is 17.4 Å². The fourth-order valence-corrected chi connectivity index (χ4v) is 2.75. The summed E-state index contributed by atoms with van der Waals surface area (Å²) in [4.78, 5) is 24.2. The molecule has 1 N–H and O–H groups in total. The van der Waals surface area contributed by atoms with Crippen molar-refractivity contribution < 1.29 is 23.1 Å². The van der Waals surface area contributed by atoms with Crippen molar-refractivity contribution in [2.24, 2.45) is 0 Å². The number of para-hydroxylation sites is 1. The molecule has 0 saturated heterocycles. The van der Waals surface area contributed by atoms with Gasteiger partial charge in [-0.15, -0.1) is 11.8 Å². The molecule has 0 saturated carbocycles. The molecule has 8 heteroatoms. The maximum Gasteiger partial charge on any atom is 0.307 e. The van der Waals surface area contributed by atoms with Crippen molar-refractivity contribution in [3.63, 3.8) is 0 Å². The van der Waals surface area contributed by atoms with Crippen molar-refractivity contribution in [2.45, 2.75) is 11.3 Å². The van der Waals surface area contributed by atoms with Gasteiger partial charge in [0.25, 0.3) is 5.91 Å². The van der Waals surface area contributed by atoms with Gasteiger partial charge in [-0.2, -0.15) is 0 Å². The second kappa shape index (κ2) is 9.39. The topological polar surface area (TPSA) is 55.4 Å². The lowest BCUT2D eigenvalue weighted by Crippen LogP contribution is -2.22. The minimum atomic E-state index is -0.904. The van der Waals surface area contributed by atoms with Crippen LogP contribution in [-0.2, 0) is 14.3 Å². The van der Waals surface area contributed by atoms with E-state index in [0.29, 0.717) is 10.8 Å². The molecule has 2 aromatic carbocycles. The summed E-state index contributed by atoms with van der Waals surface area (Å²) in [6, 6.07) is 10.3. The smallest absolute Gasteiger partial charge is 0.307 e. The minimum Gasteiger partial charge on any atom is -0.456 e. The highest BCUT2D eigenvalue weighted by atomic mass is 35.5. The van der Waals surface area contributed by atoms with Gasteiger partial charge < -0.3 is 10.1 Å². The second-order valence-electron chi connectivity index (χ2n) is 4.86. The number of anilines is 1. The summed E-state index contributed by atoms with van der Waals surface area (Å²) in [6.45, 7) is -0.613. The Bertz CT molecular complexity index is 736. The highest BCUT2D eigenvalue weighted by Crippen LogP contribution is 2.21. The molecular weight excluding hydrogens is 372 g/mol. The van der Waals surface area contributed by atoms with Gasteiger partial charge >= 0.3 is 5.97 Å². The second-order valence-corrected chi connectivity index (χ2v) is 6.46. The third-order valence-corrected chi connectivity index (χ3v) is 4.25. The first-order chi connectivity index (χ1) is 12.0. The summed E-state index contributed by atoms with van der Waals surface area (Å²) in [5.41, 5.74) is -0.568. The van der Waals surface area contributed by atoms with E-state index >= 15 is 0 Å². The Kier molecular flexibility index (Phi) is 7.21. The van der Waals surface area contributed by atoms with E-state index in [1.54, 1.807) is 12.1 Å². The Morgan fingerprint density at radius 3 is 2.36 bits per heavy atom. The average Bonchev–Trinajstić information content (AvgIpc) is 2.58. The molecule has 25 heavy (non-hydrogen) atoms. The van der Waals surface area contributed by atoms with Crippen molar-refractivity contribution >= 4 is 40.9 Å². The van der Waals surface area contributed by atoms with Crippen LogP contribution < -0.4 is 5.32 Å². The van der Waals surface area contributed by atoms with Gasteiger partial charge in [0.2, 0.25) is 0 Å². The van der Waals surface area contributed by atoms with E-state index < -0.39 is 35.8 Å². The van der Waals surface area contributed by atoms with E-state index in [-0.39, 0.29) is 6.42 Å². The standard InChI is InChI=1S/C17H14ClF2NO3S/c18-11-4-6-12(7-5-11)25-9-8-16(23)24-10-15(22)21-17-13(19)2-1-3-14(17)20/h1-7H,8-10H2,(H,21,22). The van der Waals surface area contributed by atoms with Crippen molar-refractivity contribution in [3.8, 4) is 0 Å². The maximum atomic E-state index is 13.4. The molecule has 0 aliphatic carbocycles. The number of benzene rings is 2. The van der Waals surface area contributed by atoms with Crippen molar-refractivity contribution in [3.05, 3.63) is 59.1 Å². The van der Waals surface area contributed by atoms with Crippen LogP contribution in [0, 0.1) is 11.6 Å². The molecule has 2 aromatic rings. The molecule has 0 atom stereocenters. The summed E-state index contributed by atoms with van der Waals surface area (Å²) >= 11 is 7.22. The lowest BCUT2D eigenvalue weighted by Gasteiger charge is -2.08. The van der Waals surface area contributed by atoms with E-state index in [4.69, 9.17) is 16.3 Å². The Morgan fingerprint density at radius 2 is 1.72 bits per heavy atom. The third-order valence-electron chi connectivity index (χ3n) is 2.98. The quantitative estimate of drug-likeness (QED) is 0.571. The predicted octanol–water partition coefficient (Wildman–Crippen LogP) is 4.28. The van der Waals surface area contributed by atoms with E-state index in [0.717, 1.165) is 17.0 Å². The van der Waals surface area contributed by atoms with Crippen LogP contribution in [0.5, 0.6) is 0 Å². The van der Waals surface area contributed by atoms with Crippen molar-refractivity contribution in [1.29, 1.82) is 0 Å². The third kappa shape index (κ3) is 6.36. The molecule has 0 bridgehead atoms. The average molecular weight is 386 g/mol. The van der Waals surface area contributed by atoms with Gasteiger partial charge in [-0.3, -0.25) is 9.59 Å². The van der Waals surface area contributed by atoms with Crippen LogP contribution >= 0.6 is 23.4 Å². The van der Waals surface area contributed by atoms with E-state index in [9.17, 15) is 18.4 Å². The number of halogens is 3. The first-order valence-corrected chi connectivity index (χ1v) is 8.60. The van der Waals surface area contributed by atoms with E-state index in [1.165, 1.54) is 17.8 Å². The molecule has 0 radical (unpaired) electrons. The largest absolute Gasteiger partial charge is 0.456 e. The normalized spacial score (nSPS) is 10.4. The number of carbonyl (C=O) groups is 2. The first-order valence-electron chi connectivity index (χ1n) is 7.23. The monoisotopic (exact) mass is 385 g/mol. The van der Waals surface area contributed by atoms with Gasteiger partial charge in [0.1, 0.15) is 17.3 Å². The highest BCUT2D eigenvalue weighted by Gasteiger charge is 2.13. The Morgan fingerprint density at radius 1 is 1.08 bits per heavy atom. The van der Waals surface area contributed by atoms with Gasteiger partial charge in [-0.25, -0.2) is 8.78 Å². The SMILES string of the molecule is O=C(COC(=O)CCSc1ccc(Cl)cc1)Nc1c(F)cccc1F. The Labute approximate surface area is 152 Å². The first kappa shape index (κ1) is 19.2. The van der Waals surface area contributed by atoms with Crippen LogP contribution in [0.2, 0.25) is 5.02 Å². The van der Waals surface area contributed by atoms with Crippen LogP contribution in [0.25, 0.3) is 0 Å². The lowest BCUT2D eigenvalue weighted by atomic mass is 10.3. The number of thioether (sulfide) groups is 1. The predicted molar refractivity (Wildman–Crippen MR) is 92.7 cm³/mol. The molecular formula is C17H14ClF2NO3S. The molecule has 132 valence electrons. The number of carbonyl (C=O) groups excluding carboxylic acids is 2. The molecule has 0 aliphatic heterocycles. The number of hydrogen-bond donors (Lipinski definition) is 1. The molecule has 2 rings (SSSR count). The Balaban J connectivity index is 1.70. The number of rotatable bonds is 7. The molecule has 0 fully saturated rings. The molecule has 0 aliphatic rings. The number of ether oxygens (including phenoxy) is 1. The van der Waals surface area contributed by atoms with Crippen LogP contribution in [0.4, 0.5) is 14.5 Å². The zero-order chi connectivity index (χ0) is 18.2. The molecule has 0 aromatic heterocycles. The number of nitrogens with one attached hydrogen (secondary N) is 1. The molecule has 0 spiro atoms. The fraction of sp³-hybridized carbons (Fsp3) is 0.176. The van der Waals surface area contributed by atoms with Gasteiger partial charge in [0.15, 0.2) is 6.61 Å². The fourth-order valence-electron chi connectivity index (χ4n) is 1.79. The van der Waals surface area contributed by atoms with Crippen molar-refractivity contribution in [1.82, 2.24) is 0 Å². The molecule has 4 nitrogen and oxygen atoms in total. The molecule has 0 unspecified atom stereocenters. The minimum absolute atomic E-state index is 0.0919. The summed E-state index contributed by atoms with van der Waals surface area (Å²) in [7, 11) is 0. The number of amides is 1. The van der Waals surface area contributed by atoms with E-state index in [2.05, 4.69) is 0 Å². The molecule has 1 amide bonds. The van der Waals surface area contributed by atoms with Gasteiger partial charge in [0.05, 0.1) is 6.42 Å². The Hall–Kier alpha value is -2.12. The zero-order valence-electron chi connectivity index (χ0n) is 12.9. The lowest BCUT2D eigenvalue weighted by molar-refractivity contribution is -0.146. The van der Waals surface area contributed by atoms with Crippen LogP contribution in [0.15, 0.2) is 47.4 Å². The van der Waals surface area contributed by atoms with Crippen LogP contribution in [0.1, 0.15) is 6.42 Å². The van der Waals surface area contributed by atoms with Gasteiger partial charge in [-0.1, -0.05) is 17.7 Å². The van der Waals surface area contributed by atoms with Gasteiger partial charge in [-0.05, 0) is 36.4 Å². The summed E-state index contributed by atoms with van der Waals surface area (Å²) < 4.78 is 31.6. The van der Waals surface area contributed by atoms with Crippen LogP contribution in [0.3, 0.4) is 0 Å². The zero-order valence-corrected chi connectivity index (χ0v) is 14.5. The maximum absolute atomic E-state index is 13.4.